The molecule has 0 bridgehead atoms. The summed E-state index contributed by atoms with van der Waals surface area (Å²) in [6.45, 7) is 0.556. The SMILES string of the molecule is N#CN1CN(c2ccc(-c3ccccc3)cc2)c2ccccc21. The van der Waals surface area contributed by atoms with E-state index in [9.17, 15) is 5.26 Å². The van der Waals surface area contributed by atoms with Crippen molar-refractivity contribution in [3.63, 3.8) is 0 Å². The van der Waals surface area contributed by atoms with E-state index in [2.05, 4.69) is 53.6 Å². The number of anilines is 3. The van der Waals surface area contributed by atoms with Crippen molar-refractivity contribution >= 4 is 17.1 Å². The van der Waals surface area contributed by atoms with Crippen LogP contribution in [-0.4, -0.2) is 6.67 Å². The lowest BCUT2D eigenvalue weighted by Gasteiger charge is -2.19. The van der Waals surface area contributed by atoms with Gasteiger partial charge in [-0.3, -0.25) is 4.90 Å². The predicted molar refractivity (Wildman–Crippen MR) is 93.4 cm³/mol. The van der Waals surface area contributed by atoms with Crippen molar-refractivity contribution in [1.29, 1.82) is 5.26 Å². The zero-order valence-corrected chi connectivity index (χ0v) is 12.6. The van der Waals surface area contributed by atoms with Crippen LogP contribution in [0.2, 0.25) is 0 Å². The van der Waals surface area contributed by atoms with Gasteiger partial charge >= 0.3 is 0 Å². The van der Waals surface area contributed by atoms with Crippen LogP contribution >= 0.6 is 0 Å². The largest absolute Gasteiger partial charge is 0.320 e. The van der Waals surface area contributed by atoms with Gasteiger partial charge in [-0.05, 0) is 35.4 Å². The Morgan fingerprint density at radius 1 is 0.696 bits per heavy atom. The molecule has 0 amide bonds. The summed E-state index contributed by atoms with van der Waals surface area (Å²) in [4.78, 5) is 3.87. The Morgan fingerprint density at radius 2 is 1.30 bits per heavy atom. The molecule has 0 saturated heterocycles. The molecular weight excluding hydrogens is 282 g/mol. The van der Waals surface area contributed by atoms with Gasteiger partial charge in [-0.2, -0.15) is 5.26 Å². The summed E-state index contributed by atoms with van der Waals surface area (Å²) in [6, 6.07) is 26.8. The average Bonchev–Trinajstić information content (AvgIpc) is 3.01. The quantitative estimate of drug-likeness (QED) is 0.639. The van der Waals surface area contributed by atoms with Gasteiger partial charge in [0.15, 0.2) is 6.19 Å². The second-order valence-electron chi connectivity index (χ2n) is 5.50. The fourth-order valence-electron chi connectivity index (χ4n) is 2.99. The fraction of sp³-hybridized carbons (Fsp3) is 0.0500. The summed E-state index contributed by atoms with van der Waals surface area (Å²) < 4.78 is 0. The number of nitrogens with zero attached hydrogens (tertiary/aromatic N) is 3. The molecule has 0 aliphatic carbocycles. The van der Waals surface area contributed by atoms with Crippen LogP contribution in [-0.2, 0) is 0 Å². The van der Waals surface area contributed by atoms with Crippen molar-refractivity contribution in [2.75, 3.05) is 16.5 Å². The lowest BCUT2D eigenvalue weighted by Crippen LogP contribution is -2.23. The molecule has 0 N–H and O–H groups in total. The maximum Gasteiger partial charge on any atom is 0.186 e. The van der Waals surface area contributed by atoms with E-state index in [-0.39, 0.29) is 0 Å². The second kappa shape index (κ2) is 5.51. The molecule has 23 heavy (non-hydrogen) atoms. The first-order valence-corrected chi connectivity index (χ1v) is 7.56. The Balaban J connectivity index is 1.69. The molecular formula is C20H15N3. The number of hydrogen-bond acceptors (Lipinski definition) is 3. The van der Waals surface area contributed by atoms with Gasteiger partial charge in [-0.15, -0.1) is 0 Å². The van der Waals surface area contributed by atoms with Gasteiger partial charge in [0.1, 0.15) is 6.67 Å². The van der Waals surface area contributed by atoms with E-state index >= 15 is 0 Å². The Labute approximate surface area is 135 Å². The molecule has 3 aromatic carbocycles. The minimum Gasteiger partial charge on any atom is -0.320 e. The van der Waals surface area contributed by atoms with E-state index in [1.807, 2.05) is 36.4 Å². The van der Waals surface area contributed by atoms with Crippen LogP contribution < -0.4 is 9.80 Å². The first kappa shape index (κ1) is 13.4. The average molecular weight is 297 g/mol. The maximum absolute atomic E-state index is 9.32. The molecule has 0 unspecified atom stereocenters. The maximum atomic E-state index is 9.32. The second-order valence-corrected chi connectivity index (χ2v) is 5.50. The molecule has 1 aliphatic rings. The van der Waals surface area contributed by atoms with E-state index in [0.717, 1.165) is 17.1 Å². The van der Waals surface area contributed by atoms with Crippen molar-refractivity contribution < 1.29 is 0 Å². The van der Waals surface area contributed by atoms with Gasteiger partial charge in [-0.25, -0.2) is 0 Å². The first-order chi connectivity index (χ1) is 11.4. The first-order valence-electron chi connectivity index (χ1n) is 7.56. The van der Waals surface area contributed by atoms with E-state index < -0.39 is 0 Å². The van der Waals surface area contributed by atoms with Crippen LogP contribution in [0.25, 0.3) is 11.1 Å². The summed E-state index contributed by atoms with van der Waals surface area (Å²) in [5.41, 5.74) is 5.53. The summed E-state index contributed by atoms with van der Waals surface area (Å²) in [5.74, 6) is 0. The third-order valence-corrected chi connectivity index (χ3v) is 4.15. The Morgan fingerprint density at radius 3 is 2.00 bits per heavy atom. The number of benzene rings is 3. The van der Waals surface area contributed by atoms with Gasteiger partial charge < -0.3 is 4.90 Å². The van der Waals surface area contributed by atoms with Gasteiger partial charge in [0, 0.05) is 5.69 Å². The van der Waals surface area contributed by atoms with E-state index in [1.165, 1.54) is 11.1 Å². The number of rotatable bonds is 2. The Bertz CT molecular complexity index is 863. The van der Waals surface area contributed by atoms with Crippen molar-refractivity contribution in [2.24, 2.45) is 0 Å². The van der Waals surface area contributed by atoms with Gasteiger partial charge in [0.2, 0.25) is 0 Å². The molecule has 0 spiro atoms. The van der Waals surface area contributed by atoms with Crippen molar-refractivity contribution in [3.05, 3.63) is 78.9 Å². The molecule has 4 rings (SSSR count). The third kappa shape index (κ3) is 2.31. The molecule has 3 aromatic rings. The number of para-hydroxylation sites is 2. The lowest BCUT2D eigenvalue weighted by molar-refractivity contribution is 0.993. The minimum absolute atomic E-state index is 0.556. The Kier molecular flexibility index (Phi) is 3.21. The zero-order valence-electron chi connectivity index (χ0n) is 12.6. The molecule has 1 heterocycles. The third-order valence-electron chi connectivity index (χ3n) is 4.15. The van der Waals surface area contributed by atoms with Crippen LogP contribution in [0.15, 0.2) is 78.9 Å². The van der Waals surface area contributed by atoms with Gasteiger partial charge in [0.05, 0.1) is 11.4 Å². The smallest absolute Gasteiger partial charge is 0.186 e. The molecule has 3 nitrogen and oxygen atoms in total. The lowest BCUT2D eigenvalue weighted by atomic mass is 10.1. The highest BCUT2D eigenvalue weighted by Gasteiger charge is 2.26. The van der Waals surface area contributed by atoms with Crippen LogP contribution in [0.4, 0.5) is 17.1 Å². The topological polar surface area (TPSA) is 30.3 Å². The molecule has 0 aromatic heterocycles. The monoisotopic (exact) mass is 297 g/mol. The number of nitriles is 1. The Hall–Kier alpha value is -3.25. The van der Waals surface area contributed by atoms with Gasteiger partial charge in [-0.1, -0.05) is 54.6 Å². The van der Waals surface area contributed by atoms with Gasteiger partial charge in [0.25, 0.3) is 0 Å². The summed E-state index contributed by atoms with van der Waals surface area (Å²) in [7, 11) is 0. The van der Waals surface area contributed by atoms with E-state index in [0.29, 0.717) is 6.67 Å². The highest BCUT2D eigenvalue weighted by atomic mass is 15.4. The fourth-order valence-corrected chi connectivity index (χ4v) is 2.99. The van der Waals surface area contributed by atoms with Crippen molar-refractivity contribution in [2.45, 2.75) is 0 Å². The van der Waals surface area contributed by atoms with Crippen LogP contribution in [0.1, 0.15) is 0 Å². The van der Waals surface area contributed by atoms with Crippen LogP contribution in [0.5, 0.6) is 0 Å². The molecule has 0 radical (unpaired) electrons. The molecule has 1 aliphatic heterocycles. The highest BCUT2D eigenvalue weighted by Crippen LogP contribution is 2.40. The predicted octanol–water partition coefficient (Wildman–Crippen LogP) is 4.75. The summed E-state index contributed by atoms with van der Waals surface area (Å²) in [6.07, 6.45) is 2.25. The van der Waals surface area contributed by atoms with Crippen molar-refractivity contribution in [1.82, 2.24) is 0 Å². The molecule has 0 fully saturated rings. The van der Waals surface area contributed by atoms with Crippen LogP contribution in [0, 0.1) is 11.5 Å². The van der Waals surface area contributed by atoms with E-state index in [4.69, 9.17) is 0 Å². The molecule has 110 valence electrons. The summed E-state index contributed by atoms with van der Waals surface area (Å²) >= 11 is 0. The van der Waals surface area contributed by atoms with E-state index in [1.54, 1.807) is 4.90 Å². The molecule has 0 atom stereocenters. The van der Waals surface area contributed by atoms with Crippen LogP contribution in [0.3, 0.4) is 0 Å². The number of hydrogen-bond donors (Lipinski definition) is 0. The van der Waals surface area contributed by atoms with Crippen molar-refractivity contribution in [3.8, 4) is 17.3 Å². The number of fused-ring (bicyclic) bond motifs is 1. The molecule has 3 heteroatoms. The standard InChI is InChI=1S/C20H15N3/c21-14-22-15-23(20-9-5-4-8-19(20)22)18-12-10-17(11-13-18)16-6-2-1-3-7-16/h1-13H,15H2. The summed E-state index contributed by atoms with van der Waals surface area (Å²) in [5, 5.41) is 9.32. The normalized spacial score (nSPS) is 12.8. The minimum atomic E-state index is 0.556. The zero-order chi connectivity index (χ0) is 15.6. The highest BCUT2D eigenvalue weighted by molar-refractivity contribution is 5.84. The molecule has 0 saturated carbocycles.